The molecule has 0 N–H and O–H groups in total. The SMILES string of the molecule is CCC(CC)c1ccc(Cl)cc1-c1cccc(C(=O)N2CCN(C)CC2)c1. The lowest BCUT2D eigenvalue weighted by molar-refractivity contribution is 0.0664. The van der Waals surface area contributed by atoms with Crippen LogP contribution in [0, 0.1) is 0 Å². The molecule has 0 aromatic heterocycles. The molecule has 2 aromatic carbocycles. The van der Waals surface area contributed by atoms with Crippen LogP contribution in [0.1, 0.15) is 48.5 Å². The van der Waals surface area contributed by atoms with Gasteiger partial charge in [0.1, 0.15) is 0 Å². The molecular weight excluding hydrogens is 356 g/mol. The molecule has 1 saturated heterocycles. The summed E-state index contributed by atoms with van der Waals surface area (Å²) in [5.41, 5.74) is 4.28. The van der Waals surface area contributed by atoms with Gasteiger partial charge in [-0.25, -0.2) is 0 Å². The number of hydrogen-bond acceptors (Lipinski definition) is 2. The van der Waals surface area contributed by atoms with Gasteiger partial charge in [-0.3, -0.25) is 4.79 Å². The molecule has 4 heteroatoms. The second kappa shape index (κ2) is 8.90. The number of likely N-dealkylation sites (N-methyl/N-ethyl adjacent to an activating group) is 1. The number of piperazine rings is 1. The van der Waals surface area contributed by atoms with Crippen LogP contribution in [0.3, 0.4) is 0 Å². The number of rotatable bonds is 5. The minimum Gasteiger partial charge on any atom is -0.336 e. The summed E-state index contributed by atoms with van der Waals surface area (Å²) in [5.74, 6) is 0.616. The Morgan fingerprint density at radius 2 is 1.74 bits per heavy atom. The molecule has 0 bridgehead atoms. The molecule has 0 unspecified atom stereocenters. The summed E-state index contributed by atoms with van der Waals surface area (Å²) in [6, 6.07) is 14.2. The summed E-state index contributed by atoms with van der Waals surface area (Å²) in [7, 11) is 2.10. The summed E-state index contributed by atoms with van der Waals surface area (Å²) in [4.78, 5) is 17.2. The second-order valence-corrected chi connectivity index (χ2v) is 7.86. The van der Waals surface area contributed by atoms with Crippen LogP contribution in [-0.4, -0.2) is 48.9 Å². The van der Waals surface area contributed by atoms with Crippen molar-refractivity contribution in [1.82, 2.24) is 9.80 Å². The molecule has 1 amide bonds. The van der Waals surface area contributed by atoms with E-state index in [-0.39, 0.29) is 5.91 Å². The van der Waals surface area contributed by atoms with Crippen molar-refractivity contribution >= 4 is 17.5 Å². The summed E-state index contributed by atoms with van der Waals surface area (Å²) < 4.78 is 0. The van der Waals surface area contributed by atoms with Crippen molar-refractivity contribution in [3.8, 4) is 11.1 Å². The molecular formula is C23H29ClN2O. The molecule has 144 valence electrons. The van der Waals surface area contributed by atoms with E-state index in [0.717, 1.165) is 60.7 Å². The van der Waals surface area contributed by atoms with Crippen molar-refractivity contribution in [1.29, 1.82) is 0 Å². The van der Waals surface area contributed by atoms with Crippen LogP contribution in [0.15, 0.2) is 42.5 Å². The van der Waals surface area contributed by atoms with E-state index in [2.05, 4.69) is 37.9 Å². The van der Waals surface area contributed by atoms with Crippen LogP contribution in [0.5, 0.6) is 0 Å². The number of amides is 1. The van der Waals surface area contributed by atoms with Gasteiger partial charge >= 0.3 is 0 Å². The van der Waals surface area contributed by atoms with E-state index < -0.39 is 0 Å². The molecule has 2 aromatic rings. The van der Waals surface area contributed by atoms with Crippen molar-refractivity contribution in [2.24, 2.45) is 0 Å². The summed E-state index contributed by atoms with van der Waals surface area (Å²) in [6.45, 7) is 7.88. The lowest BCUT2D eigenvalue weighted by Crippen LogP contribution is -2.47. The van der Waals surface area contributed by atoms with Crippen LogP contribution in [0.25, 0.3) is 11.1 Å². The summed E-state index contributed by atoms with van der Waals surface area (Å²) in [6.07, 6.45) is 2.18. The monoisotopic (exact) mass is 384 g/mol. The minimum absolute atomic E-state index is 0.121. The fraction of sp³-hybridized carbons (Fsp3) is 0.435. The Morgan fingerprint density at radius 1 is 1.04 bits per heavy atom. The molecule has 3 nitrogen and oxygen atoms in total. The molecule has 27 heavy (non-hydrogen) atoms. The normalized spacial score (nSPS) is 15.4. The molecule has 0 aliphatic carbocycles. The van der Waals surface area contributed by atoms with Gasteiger partial charge in [-0.15, -0.1) is 0 Å². The van der Waals surface area contributed by atoms with E-state index in [1.165, 1.54) is 5.56 Å². The summed E-state index contributed by atoms with van der Waals surface area (Å²) >= 11 is 6.32. The zero-order valence-electron chi connectivity index (χ0n) is 16.5. The van der Waals surface area contributed by atoms with E-state index in [4.69, 9.17) is 11.6 Å². The van der Waals surface area contributed by atoms with Crippen LogP contribution < -0.4 is 0 Å². The average molecular weight is 385 g/mol. The van der Waals surface area contributed by atoms with Gasteiger partial charge in [-0.1, -0.05) is 43.6 Å². The van der Waals surface area contributed by atoms with Crippen LogP contribution in [0.2, 0.25) is 5.02 Å². The van der Waals surface area contributed by atoms with Gasteiger partial charge in [-0.2, -0.15) is 0 Å². The Hall–Kier alpha value is -1.84. The number of halogens is 1. The third-order valence-corrected chi connectivity index (χ3v) is 5.89. The molecule has 0 spiro atoms. The average Bonchev–Trinajstić information content (AvgIpc) is 2.70. The Labute approximate surface area is 167 Å². The Bertz CT molecular complexity index is 793. The zero-order chi connectivity index (χ0) is 19.4. The highest BCUT2D eigenvalue weighted by Gasteiger charge is 2.21. The molecule has 1 aliphatic heterocycles. The standard InChI is InChI=1S/C23H29ClN2O/c1-4-17(5-2)21-10-9-20(24)16-22(21)18-7-6-8-19(15-18)23(27)26-13-11-25(3)12-14-26/h6-10,15-17H,4-5,11-14H2,1-3H3. The third kappa shape index (κ3) is 4.53. The fourth-order valence-electron chi connectivity index (χ4n) is 3.87. The van der Waals surface area contributed by atoms with E-state index in [0.29, 0.717) is 5.92 Å². The molecule has 1 fully saturated rings. The molecule has 0 radical (unpaired) electrons. The van der Waals surface area contributed by atoms with Crippen molar-refractivity contribution in [2.75, 3.05) is 33.2 Å². The Morgan fingerprint density at radius 3 is 2.41 bits per heavy atom. The molecule has 0 atom stereocenters. The van der Waals surface area contributed by atoms with Gasteiger partial charge in [0.05, 0.1) is 0 Å². The van der Waals surface area contributed by atoms with E-state index in [9.17, 15) is 4.79 Å². The first kappa shape index (κ1) is 19.9. The Balaban J connectivity index is 1.94. The second-order valence-electron chi connectivity index (χ2n) is 7.42. The molecule has 1 aliphatic rings. The maximum atomic E-state index is 13.0. The number of benzene rings is 2. The largest absolute Gasteiger partial charge is 0.336 e. The molecule has 1 heterocycles. The lowest BCUT2D eigenvalue weighted by atomic mass is 9.87. The molecule has 0 saturated carbocycles. The third-order valence-electron chi connectivity index (χ3n) is 5.65. The number of hydrogen-bond donors (Lipinski definition) is 0. The van der Waals surface area contributed by atoms with Crippen molar-refractivity contribution in [3.05, 3.63) is 58.6 Å². The highest BCUT2D eigenvalue weighted by atomic mass is 35.5. The predicted molar refractivity (Wildman–Crippen MR) is 114 cm³/mol. The van der Waals surface area contributed by atoms with Crippen LogP contribution >= 0.6 is 11.6 Å². The van der Waals surface area contributed by atoms with Gasteiger partial charge < -0.3 is 9.80 Å². The van der Waals surface area contributed by atoms with E-state index in [1.54, 1.807) is 0 Å². The molecule has 3 rings (SSSR count). The first-order valence-corrected chi connectivity index (χ1v) is 10.3. The zero-order valence-corrected chi connectivity index (χ0v) is 17.3. The van der Waals surface area contributed by atoms with Gasteiger partial charge in [0, 0.05) is 36.8 Å². The number of nitrogens with zero attached hydrogens (tertiary/aromatic N) is 2. The maximum Gasteiger partial charge on any atom is 0.253 e. The number of carbonyl (C=O) groups excluding carboxylic acids is 1. The van der Waals surface area contributed by atoms with Crippen LogP contribution in [0.4, 0.5) is 0 Å². The van der Waals surface area contributed by atoms with E-state index in [1.807, 2.05) is 35.2 Å². The fourth-order valence-corrected chi connectivity index (χ4v) is 4.05. The summed E-state index contributed by atoms with van der Waals surface area (Å²) in [5, 5.41) is 0.732. The number of carbonyl (C=O) groups is 1. The van der Waals surface area contributed by atoms with Crippen molar-refractivity contribution < 1.29 is 4.79 Å². The topological polar surface area (TPSA) is 23.6 Å². The maximum absolute atomic E-state index is 13.0. The van der Waals surface area contributed by atoms with Gasteiger partial charge in [-0.05, 0) is 66.8 Å². The van der Waals surface area contributed by atoms with Gasteiger partial charge in [0.25, 0.3) is 5.91 Å². The highest BCUT2D eigenvalue weighted by molar-refractivity contribution is 6.30. The minimum atomic E-state index is 0.121. The lowest BCUT2D eigenvalue weighted by Gasteiger charge is -2.32. The van der Waals surface area contributed by atoms with Crippen LogP contribution in [-0.2, 0) is 0 Å². The first-order valence-electron chi connectivity index (χ1n) is 9.91. The first-order chi connectivity index (χ1) is 13.0. The van der Waals surface area contributed by atoms with Gasteiger partial charge in [0.2, 0.25) is 0 Å². The predicted octanol–water partition coefficient (Wildman–Crippen LogP) is 5.30. The smallest absolute Gasteiger partial charge is 0.253 e. The van der Waals surface area contributed by atoms with E-state index >= 15 is 0 Å². The Kier molecular flexibility index (Phi) is 6.56. The van der Waals surface area contributed by atoms with Gasteiger partial charge in [0.15, 0.2) is 0 Å². The van der Waals surface area contributed by atoms with Crippen molar-refractivity contribution in [3.63, 3.8) is 0 Å². The quantitative estimate of drug-likeness (QED) is 0.698. The highest BCUT2D eigenvalue weighted by Crippen LogP contribution is 2.35. The van der Waals surface area contributed by atoms with Crippen molar-refractivity contribution in [2.45, 2.75) is 32.6 Å².